The highest BCUT2D eigenvalue weighted by atomic mass is 19.1. The summed E-state index contributed by atoms with van der Waals surface area (Å²) in [5.74, 6) is -0.790. The fraction of sp³-hybridized carbons (Fsp3) is 0.200. The summed E-state index contributed by atoms with van der Waals surface area (Å²) in [6.45, 7) is 5.55. The molecule has 0 saturated carbocycles. The highest BCUT2D eigenvalue weighted by Gasteiger charge is 2.21. The van der Waals surface area contributed by atoms with E-state index in [4.69, 9.17) is 4.74 Å². The molecular formula is C10H10FNO3. The van der Waals surface area contributed by atoms with Gasteiger partial charge in [0.2, 0.25) is 5.82 Å². The van der Waals surface area contributed by atoms with Crippen molar-refractivity contribution >= 4 is 11.4 Å². The zero-order valence-electron chi connectivity index (χ0n) is 8.20. The number of nitro groups is 1. The largest absolute Gasteiger partial charge is 0.494 e. The van der Waals surface area contributed by atoms with Gasteiger partial charge in [-0.25, -0.2) is 0 Å². The molecule has 0 unspecified atom stereocenters. The zero-order chi connectivity index (χ0) is 11.4. The quantitative estimate of drug-likeness (QED) is 0.437. The number of hydrogen-bond acceptors (Lipinski definition) is 3. The second kappa shape index (κ2) is 4.54. The summed E-state index contributed by atoms with van der Waals surface area (Å²) in [6.07, 6.45) is 0. The SMILES string of the molecule is C=C(OCC)c1cccc(F)c1[N+](=O)[O-]. The third kappa shape index (κ3) is 2.31. The smallest absolute Gasteiger partial charge is 0.315 e. The number of halogens is 1. The summed E-state index contributed by atoms with van der Waals surface area (Å²) >= 11 is 0. The molecule has 1 aromatic carbocycles. The van der Waals surface area contributed by atoms with Crippen molar-refractivity contribution in [2.45, 2.75) is 6.92 Å². The van der Waals surface area contributed by atoms with Crippen LogP contribution in [-0.4, -0.2) is 11.5 Å². The minimum absolute atomic E-state index is 0.0712. The van der Waals surface area contributed by atoms with Gasteiger partial charge in [0.1, 0.15) is 5.76 Å². The van der Waals surface area contributed by atoms with E-state index in [0.717, 1.165) is 6.07 Å². The monoisotopic (exact) mass is 211 g/mol. The highest BCUT2D eigenvalue weighted by molar-refractivity contribution is 5.67. The Morgan fingerprint density at radius 3 is 2.87 bits per heavy atom. The van der Waals surface area contributed by atoms with Gasteiger partial charge in [0.15, 0.2) is 0 Å². The molecule has 80 valence electrons. The van der Waals surface area contributed by atoms with Crippen molar-refractivity contribution < 1.29 is 14.1 Å². The summed E-state index contributed by atoms with van der Waals surface area (Å²) in [5.41, 5.74) is -0.530. The molecule has 0 aliphatic heterocycles. The average molecular weight is 211 g/mol. The lowest BCUT2D eigenvalue weighted by molar-refractivity contribution is -0.387. The van der Waals surface area contributed by atoms with Crippen molar-refractivity contribution in [2.75, 3.05) is 6.61 Å². The second-order valence-corrected chi connectivity index (χ2v) is 2.75. The summed E-state index contributed by atoms with van der Waals surface area (Å²) in [6, 6.07) is 3.81. The maximum Gasteiger partial charge on any atom is 0.315 e. The lowest BCUT2D eigenvalue weighted by atomic mass is 10.1. The predicted octanol–water partition coefficient (Wildman–Crippen LogP) is 2.74. The van der Waals surface area contributed by atoms with Gasteiger partial charge in [-0.05, 0) is 19.1 Å². The second-order valence-electron chi connectivity index (χ2n) is 2.75. The van der Waals surface area contributed by atoms with E-state index in [9.17, 15) is 14.5 Å². The van der Waals surface area contributed by atoms with Crippen molar-refractivity contribution in [1.82, 2.24) is 0 Å². The maximum absolute atomic E-state index is 13.2. The van der Waals surface area contributed by atoms with Crippen molar-refractivity contribution in [2.24, 2.45) is 0 Å². The molecule has 0 aliphatic rings. The third-order valence-corrected chi connectivity index (χ3v) is 1.79. The molecule has 15 heavy (non-hydrogen) atoms. The number of nitro benzene ring substituents is 1. The van der Waals surface area contributed by atoms with Crippen LogP contribution in [0.25, 0.3) is 5.76 Å². The topological polar surface area (TPSA) is 52.4 Å². The van der Waals surface area contributed by atoms with Crippen molar-refractivity contribution in [1.29, 1.82) is 0 Å². The first-order valence-electron chi connectivity index (χ1n) is 4.33. The van der Waals surface area contributed by atoms with E-state index in [-0.39, 0.29) is 11.3 Å². The van der Waals surface area contributed by atoms with Gasteiger partial charge in [0, 0.05) is 0 Å². The van der Waals surface area contributed by atoms with Gasteiger partial charge in [-0.2, -0.15) is 4.39 Å². The van der Waals surface area contributed by atoms with E-state index in [2.05, 4.69) is 6.58 Å². The van der Waals surface area contributed by atoms with E-state index in [1.54, 1.807) is 6.92 Å². The first-order valence-corrected chi connectivity index (χ1v) is 4.33. The van der Waals surface area contributed by atoms with Crippen LogP contribution in [0.4, 0.5) is 10.1 Å². The molecule has 0 heterocycles. The van der Waals surface area contributed by atoms with Crippen molar-refractivity contribution in [3.05, 3.63) is 46.3 Å². The zero-order valence-corrected chi connectivity index (χ0v) is 8.20. The molecule has 0 spiro atoms. The van der Waals surface area contributed by atoms with Gasteiger partial charge in [-0.3, -0.25) is 10.1 Å². The van der Waals surface area contributed by atoms with Crippen LogP contribution in [0, 0.1) is 15.9 Å². The maximum atomic E-state index is 13.2. The fourth-order valence-electron chi connectivity index (χ4n) is 1.18. The summed E-state index contributed by atoms with van der Waals surface area (Å²) in [7, 11) is 0. The number of rotatable bonds is 4. The molecule has 0 amide bonds. The van der Waals surface area contributed by atoms with Crippen LogP contribution in [0.15, 0.2) is 24.8 Å². The Morgan fingerprint density at radius 1 is 1.67 bits per heavy atom. The van der Waals surface area contributed by atoms with E-state index in [1.807, 2.05) is 0 Å². The lowest BCUT2D eigenvalue weighted by Gasteiger charge is -2.07. The van der Waals surface area contributed by atoms with Crippen molar-refractivity contribution in [3.8, 4) is 0 Å². The molecule has 5 heteroatoms. The standard InChI is InChI=1S/C10H10FNO3/c1-3-15-7(2)8-5-4-6-9(11)10(8)12(13)14/h4-6H,2-3H2,1H3. The molecule has 0 radical (unpaired) electrons. The molecular weight excluding hydrogens is 201 g/mol. The Labute approximate surface area is 86.1 Å². The van der Waals surface area contributed by atoms with Gasteiger partial charge in [0.25, 0.3) is 0 Å². The first kappa shape index (κ1) is 11.2. The van der Waals surface area contributed by atoms with Crippen LogP contribution in [-0.2, 0) is 4.74 Å². The normalized spacial score (nSPS) is 9.73. The highest BCUT2D eigenvalue weighted by Crippen LogP contribution is 2.28. The summed E-state index contributed by atoms with van der Waals surface area (Å²) in [4.78, 5) is 9.84. The minimum Gasteiger partial charge on any atom is -0.494 e. The Hall–Kier alpha value is -1.91. The molecule has 0 aromatic heterocycles. The van der Waals surface area contributed by atoms with Gasteiger partial charge < -0.3 is 4.74 Å². The van der Waals surface area contributed by atoms with Gasteiger partial charge in [-0.1, -0.05) is 12.6 Å². The van der Waals surface area contributed by atoms with Crippen molar-refractivity contribution in [3.63, 3.8) is 0 Å². The summed E-state index contributed by atoms with van der Waals surface area (Å²) < 4.78 is 18.2. The number of nitrogens with zero attached hydrogens (tertiary/aromatic N) is 1. The van der Waals surface area contributed by atoms with Crippen LogP contribution in [0.2, 0.25) is 0 Å². The van der Waals surface area contributed by atoms with Gasteiger partial charge >= 0.3 is 5.69 Å². The van der Waals surface area contributed by atoms with E-state index < -0.39 is 16.4 Å². The fourth-order valence-corrected chi connectivity index (χ4v) is 1.18. The molecule has 0 saturated heterocycles. The lowest BCUT2D eigenvalue weighted by Crippen LogP contribution is -1.99. The Kier molecular flexibility index (Phi) is 3.38. The van der Waals surface area contributed by atoms with Crippen LogP contribution in [0.3, 0.4) is 0 Å². The number of benzene rings is 1. The van der Waals surface area contributed by atoms with Crippen LogP contribution >= 0.6 is 0 Å². The number of para-hydroxylation sites is 1. The number of ether oxygens (including phenoxy) is 1. The molecule has 0 N–H and O–H groups in total. The minimum atomic E-state index is -0.890. The average Bonchev–Trinajstić information content (AvgIpc) is 2.17. The molecule has 0 atom stereocenters. The Morgan fingerprint density at radius 2 is 2.33 bits per heavy atom. The predicted molar refractivity (Wildman–Crippen MR) is 53.7 cm³/mol. The van der Waals surface area contributed by atoms with Crippen LogP contribution in [0.5, 0.6) is 0 Å². The third-order valence-electron chi connectivity index (χ3n) is 1.79. The summed E-state index contributed by atoms with van der Waals surface area (Å²) in [5, 5.41) is 10.6. The van der Waals surface area contributed by atoms with Crippen LogP contribution < -0.4 is 0 Å². The Bertz CT molecular complexity index is 404. The molecule has 0 bridgehead atoms. The van der Waals surface area contributed by atoms with Gasteiger partial charge in [-0.15, -0.1) is 0 Å². The van der Waals surface area contributed by atoms with Gasteiger partial charge in [0.05, 0.1) is 17.1 Å². The first-order chi connectivity index (χ1) is 7.07. The molecule has 0 fully saturated rings. The molecule has 4 nitrogen and oxygen atoms in total. The number of hydrogen-bond donors (Lipinski definition) is 0. The molecule has 0 aliphatic carbocycles. The van der Waals surface area contributed by atoms with E-state index in [1.165, 1.54) is 12.1 Å². The Balaban J connectivity index is 3.23. The van der Waals surface area contributed by atoms with E-state index >= 15 is 0 Å². The van der Waals surface area contributed by atoms with E-state index in [0.29, 0.717) is 6.61 Å². The molecule has 1 aromatic rings. The van der Waals surface area contributed by atoms with Crippen LogP contribution in [0.1, 0.15) is 12.5 Å². The molecule has 1 rings (SSSR count).